The molecule has 1 saturated heterocycles. The third kappa shape index (κ3) is 7.93. The molecule has 3 aromatic carbocycles. The average Bonchev–Trinajstić information content (AvgIpc) is 4.00. The molecule has 9 atom stereocenters. The van der Waals surface area contributed by atoms with E-state index in [1.54, 1.807) is 18.3 Å². The van der Waals surface area contributed by atoms with Crippen LogP contribution in [0.4, 0.5) is 0 Å². The molecule has 9 unspecified atom stereocenters. The van der Waals surface area contributed by atoms with E-state index >= 15 is 0 Å². The number of aliphatic carboxylic acids is 1. The largest absolute Gasteiger partial charge is 0.489 e. The van der Waals surface area contributed by atoms with Gasteiger partial charge in [-0.25, -0.2) is 0 Å². The molecule has 0 spiro atoms. The van der Waals surface area contributed by atoms with Gasteiger partial charge in [0.05, 0.1) is 42.1 Å². The summed E-state index contributed by atoms with van der Waals surface area (Å²) in [6.45, 7) is -1.45. The van der Waals surface area contributed by atoms with Crippen molar-refractivity contribution >= 4 is 22.8 Å². The first-order valence-corrected chi connectivity index (χ1v) is 21.1. The van der Waals surface area contributed by atoms with Crippen molar-refractivity contribution in [3.8, 4) is 40.6 Å². The number of hydrogen-bond acceptors (Lipinski definition) is 17. The number of aromatic nitrogens is 2. The average molecular weight is 913 g/mol. The molecule has 7 heterocycles. The predicted molar refractivity (Wildman–Crippen MR) is 227 cm³/mol. The summed E-state index contributed by atoms with van der Waals surface area (Å²) in [6, 6.07) is 16.5. The van der Waals surface area contributed by atoms with Crippen molar-refractivity contribution in [2.24, 2.45) is 11.5 Å². The highest BCUT2D eigenvalue weighted by Gasteiger charge is 2.60. The Labute approximate surface area is 375 Å². The molecule has 12 N–H and O–H groups in total. The molecular formula is C46H48N4O16. The lowest BCUT2D eigenvalue weighted by atomic mass is 9.78. The second-order valence-corrected chi connectivity index (χ2v) is 16.4. The van der Waals surface area contributed by atoms with Gasteiger partial charge in [-0.15, -0.1) is 0 Å². The maximum atomic E-state index is 12.6. The molecule has 66 heavy (non-hydrogen) atoms. The zero-order chi connectivity index (χ0) is 46.4. The predicted octanol–water partition coefficient (Wildman–Crippen LogP) is 0.373. The number of nitrogens with zero attached hydrogens (tertiary/aromatic N) is 1. The normalized spacial score (nSPS) is 25.2. The zero-order valence-corrected chi connectivity index (χ0v) is 35.1. The molecule has 5 aliphatic rings. The number of fused-ring (bicyclic) bond motifs is 9. The van der Waals surface area contributed by atoms with Crippen molar-refractivity contribution in [1.29, 1.82) is 0 Å². The Morgan fingerprint density at radius 1 is 1.02 bits per heavy atom. The van der Waals surface area contributed by atoms with Gasteiger partial charge in [0, 0.05) is 59.9 Å². The molecule has 0 amide bonds. The maximum Gasteiger partial charge on any atom is 0.317 e. The van der Waals surface area contributed by atoms with Crippen molar-refractivity contribution < 1.29 is 78.5 Å². The van der Waals surface area contributed by atoms with Gasteiger partial charge in [-0.05, 0) is 17.7 Å². The fraction of sp³-hybridized carbons (Fsp3) is 0.391. The highest BCUT2D eigenvalue weighted by Crippen LogP contribution is 2.60. The van der Waals surface area contributed by atoms with Gasteiger partial charge >= 0.3 is 11.9 Å². The van der Waals surface area contributed by atoms with E-state index in [4.69, 9.17) is 44.6 Å². The van der Waals surface area contributed by atoms with Gasteiger partial charge < -0.3 is 89.9 Å². The zero-order valence-electron chi connectivity index (χ0n) is 35.1. The second kappa shape index (κ2) is 18.1. The minimum absolute atomic E-state index is 0.00338. The summed E-state index contributed by atoms with van der Waals surface area (Å²) in [5.74, 6) is 3.64. The summed E-state index contributed by atoms with van der Waals surface area (Å²) in [4.78, 5) is 27.1. The molecule has 5 aliphatic heterocycles. The summed E-state index contributed by atoms with van der Waals surface area (Å²) in [5.41, 5.74) is 13.6. The number of carbonyl (C=O) groups is 2. The van der Waals surface area contributed by atoms with Crippen LogP contribution in [0.1, 0.15) is 58.4 Å². The number of carboxylic acid groups (broad SMARTS) is 1. The fourth-order valence-corrected chi connectivity index (χ4v) is 9.45. The molecule has 20 nitrogen and oxygen atoms in total. The Balaban J connectivity index is 1.24. The summed E-state index contributed by atoms with van der Waals surface area (Å²) in [7, 11) is 0. The number of H-pyrrole nitrogens is 1. The summed E-state index contributed by atoms with van der Waals surface area (Å²) in [5, 5.41) is 75.6. The lowest BCUT2D eigenvalue weighted by Crippen LogP contribution is -2.72. The van der Waals surface area contributed by atoms with Gasteiger partial charge in [-0.2, -0.15) is 0 Å². The first-order chi connectivity index (χ1) is 31.8. The summed E-state index contributed by atoms with van der Waals surface area (Å²) in [6.07, 6.45) is -10.1. The van der Waals surface area contributed by atoms with Gasteiger partial charge in [0.15, 0.2) is 24.4 Å². The minimum Gasteiger partial charge on any atom is -0.489 e. The number of carboxylic acids is 1. The second-order valence-electron chi connectivity index (χ2n) is 16.4. The number of carbonyl (C=O) groups excluding carboxylic acids is 1. The Bertz CT molecular complexity index is 2690. The molecule has 0 aliphatic carbocycles. The third-order valence-electron chi connectivity index (χ3n) is 12.4. The quantitative estimate of drug-likeness (QED) is 0.0294. The highest BCUT2D eigenvalue weighted by molar-refractivity contribution is 5.90. The lowest BCUT2D eigenvalue weighted by molar-refractivity contribution is -0.324. The Hall–Kier alpha value is -6.38. The van der Waals surface area contributed by atoms with Crippen LogP contribution in [-0.4, -0.2) is 126 Å². The van der Waals surface area contributed by atoms with Crippen LogP contribution >= 0.6 is 0 Å². The van der Waals surface area contributed by atoms with E-state index in [0.29, 0.717) is 40.1 Å². The molecule has 348 valence electrons. The van der Waals surface area contributed by atoms with Crippen LogP contribution in [0.2, 0.25) is 0 Å². The summed E-state index contributed by atoms with van der Waals surface area (Å²) < 4.78 is 45.3. The van der Waals surface area contributed by atoms with Crippen LogP contribution in [-0.2, 0) is 38.6 Å². The van der Waals surface area contributed by atoms with E-state index < -0.39 is 92.2 Å². The van der Waals surface area contributed by atoms with Gasteiger partial charge in [-0.3, -0.25) is 9.59 Å². The SMILES string of the molecule is NC(N)C(OC(=O)CC(=O)O)C1OC2Oc3cc4c(c(Cn5cc6cc[nH]c6c5CO)c3C#CCC1(O)C(O)C2O)C1Oc2c(ccc(OCO)c2OCCO)C1C(Cc1ccccc1)O4. The number of nitrogens with two attached hydrogens (primary N) is 2. The Morgan fingerprint density at radius 3 is 2.55 bits per heavy atom. The van der Waals surface area contributed by atoms with Gasteiger partial charge in [0.2, 0.25) is 12.0 Å². The van der Waals surface area contributed by atoms with Crippen LogP contribution in [0, 0.1) is 11.8 Å². The number of rotatable bonds is 15. The van der Waals surface area contributed by atoms with Crippen LogP contribution < -0.4 is 35.2 Å². The van der Waals surface area contributed by atoms with E-state index in [9.17, 15) is 45.3 Å². The van der Waals surface area contributed by atoms with E-state index in [2.05, 4.69) is 16.8 Å². The Morgan fingerprint density at radius 2 is 1.82 bits per heavy atom. The number of aliphatic hydroxyl groups excluding tert-OH is 5. The first kappa shape index (κ1) is 44.8. The van der Waals surface area contributed by atoms with Gasteiger partial charge in [-0.1, -0.05) is 48.2 Å². The number of esters is 1. The number of hydrogen-bond donors (Lipinski definition) is 10. The van der Waals surface area contributed by atoms with Crippen molar-refractivity contribution in [3.05, 3.63) is 101 Å². The Kier molecular flexibility index (Phi) is 12.3. The lowest BCUT2D eigenvalue weighted by Gasteiger charge is -2.50. The highest BCUT2D eigenvalue weighted by atomic mass is 16.7. The van der Waals surface area contributed by atoms with Gasteiger partial charge in [0.1, 0.15) is 60.6 Å². The van der Waals surface area contributed by atoms with Crippen LogP contribution in [0.3, 0.4) is 0 Å². The maximum absolute atomic E-state index is 12.6. The molecule has 5 aromatic rings. The van der Waals surface area contributed by atoms with E-state index in [1.807, 2.05) is 53.2 Å². The monoisotopic (exact) mass is 912 g/mol. The topological polar surface area (TPSA) is 313 Å². The standard InChI is InChI=1S/C46H48N4O16/c47-44(48)41(64-33(56)17-32(54)55)43-46(59)11-4-7-24-26(19-50-18-23-10-12-49-36(23)27(50)20-52)35-31(16-29(24)63-45(66-43)37(57)42(46)58)62-30(15-22-5-2-1-3-6-22)34-25-8-9-28(61-21-53)39(60-14-13-51)38(25)65-40(34)35/h1-3,5-6,8-10,12,16,18,30,34,37,40-45,49,51-53,57-59H,11,13-15,17,19-21,47-48H2,(H,54,55). The molecule has 0 saturated carbocycles. The molecular weight excluding hydrogens is 865 g/mol. The van der Waals surface area contributed by atoms with Crippen molar-refractivity contribution in [2.45, 2.75) is 93.0 Å². The third-order valence-corrected chi connectivity index (χ3v) is 12.4. The van der Waals surface area contributed by atoms with Crippen LogP contribution in [0.25, 0.3) is 10.9 Å². The summed E-state index contributed by atoms with van der Waals surface area (Å²) >= 11 is 0. The van der Waals surface area contributed by atoms with E-state index in [-0.39, 0.29) is 54.9 Å². The number of ether oxygens (including phenoxy) is 7. The molecule has 2 aromatic heterocycles. The molecule has 2 bridgehead atoms. The molecule has 10 rings (SSSR count). The van der Waals surface area contributed by atoms with Gasteiger partial charge in [0.25, 0.3) is 0 Å². The number of benzene rings is 3. The minimum atomic E-state index is -2.53. The van der Waals surface area contributed by atoms with Crippen LogP contribution in [0.5, 0.6) is 28.7 Å². The van der Waals surface area contributed by atoms with E-state index in [1.165, 1.54) is 0 Å². The molecule has 20 heteroatoms. The number of aromatic amines is 1. The number of aliphatic hydroxyl groups is 6. The van der Waals surface area contributed by atoms with Crippen molar-refractivity contribution in [1.82, 2.24) is 9.55 Å². The molecule has 1 fully saturated rings. The number of nitrogens with one attached hydrogen (secondary N) is 1. The molecule has 0 radical (unpaired) electrons. The first-order valence-electron chi connectivity index (χ1n) is 21.1. The van der Waals surface area contributed by atoms with E-state index in [0.717, 1.165) is 10.9 Å². The fourth-order valence-electron chi connectivity index (χ4n) is 9.45. The van der Waals surface area contributed by atoms with Crippen LogP contribution in [0.15, 0.2) is 67.0 Å². The smallest absolute Gasteiger partial charge is 0.317 e. The van der Waals surface area contributed by atoms with Crippen molar-refractivity contribution in [3.63, 3.8) is 0 Å². The van der Waals surface area contributed by atoms with Crippen molar-refractivity contribution in [2.75, 3.05) is 20.0 Å².